The maximum absolute atomic E-state index is 12.0. The van der Waals surface area contributed by atoms with Crippen molar-refractivity contribution in [1.29, 1.82) is 0 Å². The normalized spacial score (nSPS) is 17.3. The minimum atomic E-state index is -0.538. The van der Waals surface area contributed by atoms with E-state index in [9.17, 15) is 4.79 Å². The fraction of sp³-hybridized carbons (Fsp3) is 0.571. The Kier molecular flexibility index (Phi) is 3.25. The van der Waals surface area contributed by atoms with Crippen LogP contribution < -0.4 is 5.06 Å². The lowest BCUT2D eigenvalue weighted by Gasteiger charge is -2.25. The van der Waals surface area contributed by atoms with Gasteiger partial charge in [0.15, 0.2) is 0 Å². The van der Waals surface area contributed by atoms with Crippen molar-refractivity contribution in [3.63, 3.8) is 0 Å². The lowest BCUT2D eigenvalue weighted by molar-refractivity contribution is -0.154. The molecule has 1 aliphatic rings. The number of hydrogen-bond donors (Lipinski definition) is 0. The van der Waals surface area contributed by atoms with Crippen LogP contribution in [-0.2, 0) is 15.0 Å². The number of halogens is 1. The number of carbonyl (C=O) groups excluding carboxylic acids is 1. The first-order valence-electron chi connectivity index (χ1n) is 6.27. The zero-order valence-electron chi connectivity index (χ0n) is 12.0. The molecule has 0 amide bonds. The summed E-state index contributed by atoms with van der Waals surface area (Å²) in [4.78, 5) is 21.6. The summed E-state index contributed by atoms with van der Waals surface area (Å²) in [5.41, 5.74) is 1.20. The third kappa shape index (κ3) is 2.68. The molecule has 19 heavy (non-hydrogen) atoms. The maximum atomic E-state index is 12.0. The summed E-state index contributed by atoms with van der Waals surface area (Å²) in [5.74, 6) is -0.260. The lowest BCUT2D eigenvalue weighted by Crippen LogP contribution is -2.35. The van der Waals surface area contributed by atoms with E-state index >= 15 is 0 Å². The van der Waals surface area contributed by atoms with E-state index in [-0.39, 0.29) is 11.4 Å². The van der Waals surface area contributed by atoms with Crippen molar-refractivity contribution in [3.05, 3.63) is 23.0 Å². The van der Waals surface area contributed by atoms with Gasteiger partial charge in [0.1, 0.15) is 5.15 Å². The Morgan fingerprint density at radius 3 is 2.68 bits per heavy atom. The van der Waals surface area contributed by atoms with Crippen LogP contribution in [0.15, 0.2) is 12.3 Å². The minimum Gasteiger partial charge on any atom is -0.340 e. The summed E-state index contributed by atoms with van der Waals surface area (Å²) >= 11 is 5.93. The number of nitrogens with zero attached hydrogens (tertiary/aromatic N) is 2. The summed E-state index contributed by atoms with van der Waals surface area (Å²) in [6.45, 7) is 10.3. The van der Waals surface area contributed by atoms with Crippen molar-refractivity contribution in [1.82, 2.24) is 4.98 Å². The summed E-state index contributed by atoms with van der Waals surface area (Å²) in [6.07, 6.45) is 1.75. The Hall–Kier alpha value is -1.29. The number of aromatic nitrogens is 1. The number of hydroxylamine groups is 1. The van der Waals surface area contributed by atoms with E-state index < -0.39 is 5.41 Å². The van der Waals surface area contributed by atoms with E-state index in [0.717, 1.165) is 11.3 Å². The van der Waals surface area contributed by atoms with Gasteiger partial charge in [-0.25, -0.2) is 14.8 Å². The molecule has 0 atom stereocenters. The summed E-state index contributed by atoms with van der Waals surface area (Å²) in [6, 6.07) is 1.74. The SMILES string of the molecule is CC(C)(C)C(=O)ON1CC(C)(C)c2cnc(Cl)cc21. The van der Waals surface area contributed by atoms with Crippen molar-refractivity contribution in [3.8, 4) is 0 Å². The molecule has 1 aliphatic heterocycles. The molecule has 0 fully saturated rings. The van der Waals surface area contributed by atoms with E-state index in [1.54, 1.807) is 17.3 Å². The molecule has 1 aromatic rings. The van der Waals surface area contributed by atoms with Crippen molar-refractivity contribution in [2.45, 2.75) is 40.0 Å². The van der Waals surface area contributed by atoms with Crippen LogP contribution in [0.4, 0.5) is 5.69 Å². The van der Waals surface area contributed by atoms with E-state index in [1.807, 2.05) is 20.8 Å². The Balaban J connectivity index is 2.32. The van der Waals surface area contributed by atoms with Gasteiger partial charge >= 0.3 is 5.97 Å². The van der Waals surface area contributed by atoms with Crippen LogP contribution in [0.1, 0.15) is 40.2 Å². The molecule has 0 bridgehead atoms. The van der Waals surface area contributed by atoms with Crippen molar-refractivity contribution in [2.75, 3.05) is 11.6 Å². The topological polar surface area (TPSA) is 42.4 Å². The second-order valence-electron chi connectivity index (χ2n) is 6.57. The van der Waals surface area contributed by atoms with Crippen molar-refractivity contribution >= 4 is 23.3 Å². The summed E-state index contributed by atoms with van der Waals surface area (Å²) in [5, 5.41) is 2.02. The third-order valence-corrected chi connectivity index (χ3v) is 3.40. The molecule has 2 heterocycles. The van der Waals surface area contributed by atoms with Crippen LogP contribution in [0, 0.1) is 5.41 Å². The number of anilines is 1. The monoisotopic (exact) mass is 282 g/mol. The molecule has 2 rings (SSSR count). The van der Waals surface area contributed by atoms with Gasteiger partial charge in [0.2, 0.25) is 0 Å². The fourth-order valence-corrected chi connectivity index (χ4v) is 2.15. The van der Waals surface area contributed by atoms with Crippen molar-refractivity contribution < 1.29 is 9.63 Å². The quantitative estimate of drug-likeness (QED) is 0.741. The smallest absolute Gasteiger partial charge is 0.337 e. The van der Waals surface area contributed by atoms with Crippen molar-refractivity contribution in [2.24, 2.45) is 5.41 Å². The third-order valence-electron chi connectivity index (χ3n) is 3.19. The van der Waals surface area contributed by atoms with E-state index in [0.29, 0.717) is 11.7 Å². The standard InChI is InChI=1S/C14H19ClN2O2/c1-13(2,3)12(18)19-17-8-14(4,5)9-7-16-11(15)6-10(9)17/h6-7H,8H2,1-5H3. The molecule has 0 spiro atoms. The van der Waals surface area contributed by atoms with Gasteiger partial charge in [0, 0.05) is 23.2 Å². The molecule has 4 nitrogen and oxygen atoms in total. The van der Waals surface area contributed by atoms with Gasteiger partial charge in [-0.3, -0.25) is 0 Å². The Bertz CT molecular complexity index is 521. The maximum Gasteiger partial charge on any atom is 0.337 e. The molecule has 0 unspecified atom stereocenters. The second kappa shape index (κ2) is 4.37. The first-order valence-corrected chi connectivity index (χ1v) is 6.65. The fourth-order valence-electron chi connectivity index (χ4n) is 2.00. The van der Waals surface area contributed by atoms with E-state index in [2.05, 4.69) is 18.8 Å². The molecule has 1 aromatic heterocycles. The molecule has 0 N–H and O–H groups in total. The van der Waals surface area contributed by atoms with E-state index in [1.165, 1.54) is 0 Å². The molecule has 0 radical (unpaired) electrons. The predicted molar refractivity (Wildman–Crippen MR) is 75.2 cm³/mol. The minimum absolute atomic E-state index is 0.120. The van der Waals surface area contributed by atoms with Gasteiger partial charge < -0.3 is 4.84 Å². The largest absolute Gasteiger partial charge is 0.340 e. The van der Waals surface area contributed by atoms with Gasteiger partial charge in [0.05, 0.1) is 17.6 Å². The molecular formula is C14H19ClN2O2. The Labute approximate surface area is 118 Å². The number of carbonyl (C=O) groups is 1. The number of fused-ring (bicyclic) bond motifs is 1. The van der Waals surface area contributed by atoms with Crippen LogP contribution in [0.25, 0.3) is 0 Å². The van der Waals surface area contributed by atoms with Gasteiger partial charge in [-0.05, 0) is 20.8 Å². The van der Waals surface area contributed by atoms with Crippen LogP contribution in [0.2, 0.25) is 5.15 Å². The van der Waals surface area contributed by atoms with Gasteiger partial charge in [0.25, 0.3) is 0 Å². The molecule has 0 aliphatic carbocycles. The highest BCUT2D eigenvalue weighted by Gasteiger charge is 2.39. The van der Waals surface area contributed by atoms with Gasteiger partial charge in [-0.15, -0.1) is 0 Å². The number of hydrogen-bond acceptors (Lipinski definition) is 4. The highest BCUT2D eigenvalue weighted by Crippen LogP contribution is 2.41. The molecule has 0 aromatic carbocycles. The first kappa shape index (κ1) is 14.1. The van der Waals surface area contributed by atoms with Crippen LogP contribution >= 0.6 is 11.6 Å². The highest BCUT2D eigenvalue weighted by molar-refractivity contribution is 6.29. The Morgan fingerprint density at radius 1 is 1.47 bits per heavy atom. The molecule has 0 saturated heterocycles. The van der Waals surface area contributed by atoms with Crippen LogP contribution in [0.3, 0.4) is 0 Å². The number of pyridine rings is 1. The molecule has 0 saturated carbocycles. The zero-order valence-corrected chi connectivity index (χ0v) is 12.7. The second-order valence-corrected chi connectivity index (χ2v) is 6.96. The van der Waals surface area contributed by atoms with Crippen LogP contribution in [0.5, 0.6) is 0 Å². The predicted octanol–water partition coefficient (Wildman–Crippen LogP) is 3.34. The van der Waals surface area contributed by atoms with Gasteiger partial charge in [-0.2, -0.15) is 0 Å². The van der Waals surface area contributed by atoms with Gasteiger partial charge in [-0.1, -0.05) is 25.4 Å². The number of rotatable bonds is 1. The lowest BCUT2D eigenvalue weighted by atomic mass is 9.88. The molecular weight excluding hydrogens is 264 g/mol. The molecule has 104 valence electrons. The first-order chi connectivity index (χ1) is 8.61. The Morgan fingerprint density at radius 2 is 2.11 bits per heavy atom. The zero-order chi connectivity index (χ0) is 14.4. The van der Waals surface area contributed by atoms with Crippen LogP contribution in [-0.4, -0.2) is 17.5 Å². The van der Waals surface area contributed by atoms with E-state index in [4.69, 9.17) is 16.4 Å². The average molecular weight is 283 g/mol. The summed E-state index contributed by atoms with van der Waals surface area (Å²) in [7, 11) is 0. The highest BCUT2D eigenvalue weighted by atomic mass is 35.5. The average Bonchev–Trinajstić information content (AvgIpc) is 2.48. The summed E-state index contributed by atoms with van der Waals surface area (Å²) < 4.78 is 0. The molecule has 5 heteroatoms.